The number of amides is 2. The van der Waals surface area contributed by atoms with Gasteiger partial charge >= 0.3 is 0 Å². The van der Waals surface area contributed by atoms with E-state index in [1.165, 1.54) is 0 Å². The zero-order valence-electron chi connectivity index (χ0n) is 26.6. The number of nitrogens with zero attached hydrogens (tertiary/aromatic N) is 5. The van der Waals surface area contributed by atoms with E-state index in [9.17, 15) is 14.7 Å². The zero-order chi connectivity index (χ0) is 32.1. The van der Waals surface area contributed by atoms with Gasteiger partial charge in [-0.25, -0.2) is 4.68 Å². The molecule has 236 valence electrons. The van der Waals surface area contributed by atoms with Crippen LogP contribution in [0.2, 0.25) is 5.02 Å². The zero-order valence-corrected chi connectivity index (χ0v) is 27.3. The van der Waals surface area contributed by atoms with Gasteiger partial charge in [-0.1, -0.05) is 74.7 Å². The number of aliphatic hydroxyl groups excluding tert-OH is 1. The lowest BCUT2D eigenvalue weighted by molar-refractivity contribution is 0.0544. The number of aliphatic hydroxyl groups is 1. The van der Waals surface area contributed by atoms with Crippen LogP contribution in [0.1, 0.15) is 82.9 Å². The predicted octanol–water partition coefficient (Wildman–Crippen LogP) is 6.81. The van der Waals surface area contributed by atoms with E-state index in [0.717, 1.165) is 53.6 Å². The van der Waals surface area contributed by atoms with Crippen LogP contribution in [0.5, 0.6) is 0 Å². The number of pyridine rings is 1. The highest BCUT2D eigenvalue weighted by Gasteiger charge is 2.33. The predicted molar refractivity (Wildman–Crippen MR) is 178 cm³/mol. The summed E-state index contributed by atoms with van der Waals surface area (Å²) in [6, 6.07) is 17.2. The quantitative estimate of drug-likeness (QED) is 0.197. The monoisotopic (exact) mass is 627 g/mol. The van der Waals surface area contributed by atoms with Gasteiger partial charge in [0.05, 0.1) is 34.6 Å². The Balaban J connectivity index is 1.60. The van der Waals surface area contributed by atoms with Gasteiger partial charge in [-0.05, 0) is 68.0 Å². The molecule has 0 unspecified atom stereocenters. The highest BCUT2D eigenvalue weighted by molar-refractivity contribution is 6.34. The fraction of sp³-hybridized carbons (Fsp3) is 0.389. The van der Waals surface area contributed by atoms with Crippen molar-refractivity contribution < 1.29 is 14.7 Å². The molecule has 2 amide bonds. The number of fused-ring (bicyclic) bond motifs is 1. The molecule has 3 heterocycles. The third-order valence-corrected chi connectivity index (χ3v) is 9.08. The maximum Gasteiger partial charge on any atom is 0.275 e. The number of carbonyl (C=O) groups excluding carboxylic acids is 2. The Labute approximate surface area is 270 Å². The van der Waals surface area contributed by atoms with E-state index in [2.05, 4.69) is 18.8 Å². The van der Waals surface area contributed by atoms with E-state index in [4.69, 9.17) is 16.7 Å². The Kier molecular flexibility index (Phi) is 10.4. The molecule has 45 heavy (non-hydrogen) atoms. The SMILES string of the molecule is CCCCN(CCCC)C(=O)c1nn(-c2ccc(-c3ccc(C)nc3)cc2C(=O)N2Cc3ccccc3C[C@H]2CO)c(C)c1Cl. The van der Waals surface area contributed by atoms with Gasteiger partial charge < -0.3 is 14.9 Å². The average molecular weight is 628 g/mol. The Morgan fingerprint density at radius 3 is 2.31 bits per heavy atom. The summed E-state index contributed by atoms with van der Waals surface area (Å²) < 4.78 is 1.61. The van der Waals surface area contributed by atoms with Crippen LogP contribution in [0, 0.1) is 13.8 Å². The lowest BCUT2D eigenvalue weighted by atomic mass is 9.93. The van der Waals surface area contributed by atoms with Gasteiger partial charge in [0, 0.05) is 37.1 Å². The Morgan fingerprint density at radius 1 is 0.978 bits per heavy atom. The fourth-order valence-electron chi connectivity index (χ4n) is 5.87. The van der Waals surface area contributed by atoms with E-state index in [1.807, 2.05) is 73.3 Å². The summed E-state index contributed by atoms with van der Waals surface area (Å²) >= 11 is 6.83. The maximum absolute atomic E-state index is 14.5. The molecule has 5 rings (SSSR count). The van der Waals surface area contributed by atoms with Gasteiger partial charge in [-0.2, -0.15) is 5.10 Å². The summed E-state index contributed by atoms with van der Waals surface area (Å²) in [4.78, 5) is 36.3. The molecule has 0 saturated heterocycles. The van der Waals surface area contributed by atoms with Crippen molar-refractivity contribution in [1.29, 1.82) is 0 Å². The first kappa shape index (κ1) is 32.4. The largest absolute Gasteiger partial charge is 0.394 e. The normalized spacial score (nSPS) is 14.4. The Hall–Kier alpha value is -4.01. The minimum absolute atomic E-state index is 0.159. The van der Waals surface area contributed by atoms with Gasteiger partial charge in [-0.15, -0.1) is 0 Å². The molecule has 0 fully saturated rings. The molecule has 9 heteroatoms. The van der Waals surface area contributed by atoms with Crippen LogP contribution in [0.25, 0.3) is 16.8 Å². The molecule has 0 aliphatic carbocycles. The molecular weight excluding hydrogens is 586 g/mol. The molecule has 0 saturated carbocycles. The van der Waals surface area contributed by atoms with E-state index < -0.39 is 0 Å². The number of aromatic nitrogens is 3. The van der Waals surface area contributed by atoms with Crippen molar-refractivity contribution >= 4 is 23.4 Å². The van der Waals surface area contributed by atoms with Crippen molar-refractivity contribution in [3.8, 4) is 16.8 Å². The number of halogens is 1. The summed E-state index contributed by atoms with van der Waals surface area (Å²) in [5.74, 6) is -0.432. The van der Waals surface area contributed by atoms with Gasteiger partial charge in [0.25, 0.3) is 11.8 Å². The second kappa shape index (κ2) is 14.4. The number of benzene rings is 2. The van der Waals surface area contributed by atoms with Crippen molar-refractivity contribution in [1.82, 2.24) is 24.6 Å². The number of carbonyl (C=O) groups is 2. The van der Waals surface area contributed by atoms with Gasteiger partial charge in [0.2, 0.25) is 0 Å². The molecule has 2 aromatic heterocycles. The van der Waals surface area contributed by atoms with E-state index in [-0.39, 0.29) is 35.2 Å². The molecule has 1 aliphatic heterocycles. The number of hydrogen-bond acceptors (Lipinski definition) is 5. The summed E-state index contributed by atoms with van der Waals surface area (Å²) in [5.41, 5.74) is 6.47. The molecule has 2 aromatic carbocycles. The maximum atomic E-state index is 14.5. The first-order chi connectivity index (χ1) is 21.8. The minimum Gasteiger partial charge on any atom is -0.394 e. The number of rotatable bonds is 11. The second-order valence-corrected chi connectivity index (χ2v) is 12.2. The van der Waals surface area contributed by atoms with Gasteiger partial charge in [0.15, 0.2) is 5.69 Å². The van der Waals surface area contributed by atoms with Crippen LogP contribution in [0.4, 0.5) is 0 Å². The van der Waals surface area contributed by atoms with Crippen molar-refractivity contribution in [3.63, 3.8) is 0 Å². The van der Waals surface area contributed by atoms with E-state index in [0.29, 0.717) is 43.0 Å². The molecule has 0 radical (unpaired) electrons. The smallest absolute Gasteiger partial charge is 0.275 e. The molecule has 0 spiro atoms. The van der Waals surface area contributed by atoms with Crippen molar-refractivity contribution in [2.45, 2.75) is 72.4 Å². The third-order valence-electron chi connectivity index (χ3n) is 8.62. The second-order valence-electron chi connectivity index (χ2n) is 11.8. The molecular formula is C36H42ClN5O3. The number of aryl methyl sites for hydroxylation is 1. The number of unbranched alkanes of at least 4 members (excludes halogenated alkanes) is 2. The molecule has 8 nitrogen and oxygen atoms in total. The summed E-state index contributed by atoms with van der Waals surface area (Å²) in [6.45, 7) is 9.44. The van der Waals surface area contributed by atoms with Crippen LogP contribution in [0.3, 0.4) is 0 Å². The van der Waals surface area contributed by atoms with Crippen LogP contribution in [-0.4, -0.2) is 67.2 Å². The molecule has 4 aromatic rings. The molecule has 1 N–H and O–H groups in total. The summed E-state index contributed by atoms with van der Waals surface area (Å²) in [5, 5.41) is 15.4. The van der Waals surface area contributed by atoms with Crippen molar-refractivity contribution in [2.75, 3.05) is 19.7 Å². The van der Waals surface area contributed by atoms with Gasteiger partial charge in [0.1, 0.15) is 0 Å². The van der Waals surface area contributed by atoms with Crippen LogP contribution in [0.15, 0.2) is 60.8 Å². The molecule has 1 atom stereocenters. The molecule has 1 aliphatic rings. The van der Waals surface area contributed by atoms with Crippen molar-refractivity contribution in [2.24, 2.45) is 0 Å². The van der Waals surface area contributed by atoms with Crippen molar-refractivity contribution in [3.05, 3.63) is 99.6 Å². The van der Waals surface area contributed by atoms with Crippen LogP contribution in [-0.2, 0) is 13.0 Å². The first-order valence-electron chi connectivity index (χ1n) is 15.9. The average Bonchev–Trinajstić information content (AvgIpc) is 3.36. The standard InChI is InChI=1S/C36H42ClN5O3/c1-5-7-17-40(18-8-6-2)36(45)34-33(37)25(4)42(39-34)32-16-15-27(28-14-13-24(3)38-21-28)20-31(32)35(44)41-22-29-12-10-9-11-26(29)19-30(41)23-43/h9-16,20-21,30,43H,5-8,17-19,22-23H2,1-4H3/t30-/m0/s1. The topological polar surface area (TPSA) is 91.6 Å². The Bertz CT molecular complexity index is 1660. The Morgan fingerprint density at radius 2 is 1.67 bits per heavy atom. The van der Waals surface area contributed by atoms with Crippen LogP contribution >= 0.6 is 11.6 Å². The van der Waals surface area contributed by atoms with E-state index in [1.54, 1.807) is 15.8 Å². The highest BCUT2D eigenvalue weighted by atomic mass is 35.5. The van der Waals surface area contributed by atoms with E-state index >= 15 is 0 Å². The lowest BCUT2D eigenvalue weighted by Gasteiger charge is -2.36. The first-order valence-corrected chi connectivity index (χ1v) is 16.3. The summed E-state index contributed by atoms with van der Waals surface area (Å²) in [7, 11) is 0. The minimum atomic E-state index is -0.380. The third kappa shape index (κ3) is 6.82. The highest BCUT2D eigenvalue weighted by Crippen LogP contribution is 2.32. The lowest BCUT2D eigenvalue weighted by Crippen LogP contribution is -2.46. The molecule has 0 bridgehead atoms. The van der Waals surface area contributed by atoms with Gasteiger partial charge in [-0.3, -0.25) is 14.6 Å². The fourth-order valence-corrected chi connectivity index (χ4v) is 6.07. The van der Waals surface area contributed by atoms with Crippen LogP contribution < -0.4 is 0 Å². The number of hydrogen-bond donors (Lipinski definition) is 1. The summed E-state index contributed by atoms with van der Waals surface area (Å²) in [6.07, 6.45) is 6.09.